The molecule has 20 heavy (non-hydrogen) atoms. The SMILES string of the molecule is Cc1ccc(C(=O)NCC(=O)NCC(O)C(F)F)cc1. The standard InChI is InChI=1S/C13H16F2N2O3/c1-8-2-4-9(5-3-8)13(20)17-7-11(19)16-6-10(18)12(14)15/h2-5,10,12,18H,6-7H2,1H3,(H,16,19)(H,17,20). The van der Waals surface area contributed by atoms with Crippen molar-refractivity contribution in [3.05, 3.63) is 35.4 Å². The van der Waals surface area contributed by atoms with Crippen LogP contribution in [-0.4, -0.2) is 42.5 Å². The molecule has 0 saturated carbocycles. The minimum absolute atomic E-state index is 0.345. The van der Waals surface area contributed by atoms with Crippen LogP contribution < -0.4 is 10.6 Å². The van der Waals surface area contributed by atoms with Crippen LogP contribution >= 0.6 is 0 Å². The molecule has 0 spiro atoms. The largest absolute Gasteiger partial charge is 0.385 e. The van der Waals surface area contributed by atoms with Crippen LogP contribution in [0.15, 0.2) is 24.3 Å². The van der Waals surface area contributed by atoms with E-state index < -0.39 is 30.9 Å². The van der Waals surface area contributed by atoms with Crippen LogP contribution in [0.3, 0.4) is 0 Å². The second kappa shape index (κ2) is 7.54. The molecule has 0 bridgehead atoms. The average Bonchev–Trinajstić information content (AvgIpc) is 2.42. The van der Waals surface area contributed by atoms with Crippen molar-refractivity contribution in [1.82, 2.24) is 10.6 Å². The van der Waals surface area contributed by atoms with Crippen molar-refractivity contribution in [3.8, 4) is 0 Å². The van der Waals surface area contributed by atoms with Crippen molar-refractivity contribution in [2.75, 3.05) is 13.1 Å². The number of hydrogen-bond acceptors (Lipinski definition) is 3. The van der Waals surface area contributed by atoms with Crippen LogP contribution in [0, 0.1) is 6.92 Å². The average molecular weight is 286 g/mol. The molecule has 0 aromatic heterocycles. The highest BCUT2D eigenvalue weighted by Gasteiger charge is 2.17. The van der Waals surface area contributed by atoms with E-state index in [1.165, 1.54) is 0 Å². The van der Waals surface area contributed by atoms with Crippen LogP contribution in [0.1, 0.15) is 15.9 Å². The zero-order chi connectivity index (χ0) is 15.1. The molecule has 3 N–H and O–H groups in total. The van der Waals surface area contributed by atoms with E-state index in [-0.39, 0.29) is 6.54 Å². The summed E-state index contributed by atoms with van der Waals surface area (Å²) in [4.78, 5) is 22.9. The highest BCUT2D eigenvalue weighted by atomic mass is 19.3. The maximum absolute atomic E-state index is 12.0. The second-order valence-electron chi connectivity index (χ2n) is 4.25. The Morgan fingerprint density at radius 3 is 2.35 bits per heavy atom. The summed E-state index contributed by atoms with van der Waals surface area (Å²) in [5.74, 6) is -1.08. The molecular formula is C13H16F2N2O3. The van der Waals surface area contributed by atoms with Crippen molar-refractivity contribution in [3.63, 3.8) is 0 Å². The van der Waals surface area contributed by atoms with Crippen molar-refractivity contribution in [2.24, 2.45) is 0 Å². The number of aliphatic hydroxyl groups excluding tert-OH is 1. The van der Waals surface area contributed by atoms with Gasteiger partial charge in [-0.2, -0.15) is 0 Å². The molecule has 7 heteroatoms. The number of aliphatic hydroxyl groups is 1. The first-order chi connectivity index (χ1) is 9.40. The van der Waals surface area contributed by atoms with Crippen molar-refractivity contribution >= 4 is 11.8 Å². The maximum atomic E-state index is 12.0. The summed E-state index contributed by atoms with van der Waals surface area (Å²) in [7, 11) is 0. The van der Waals surface area contributed by atoms with Gasteiger partial charge in [-0.25, -0.2) is 8.78 Å². The van der Waals surface area contributed by atoms with Crippen molar-refractivity contribution < 1.29 is 23.5 Å². The fourth-order valence-electron chi connectivity index (χ4n) is 1.34. The fourth-order valence-corrected chi connectivity index (χ4v) is 1.34. The number of halogens is 2. The van der Waals surface area contributed by atoms with Crippen LogP contribution in [-0.2, 0) is 4.79 Å². The number of hydrogen-bond donors (Lipinski definition) is 3. The zero-order valence-corrected chi connectivity index (χ0v) is 10.9. The number of alkyl halides is 2. The lowest BCUT2D eigenvalue weighted by atomic mass is 10.1. The summed E-state index contributed by atoms with van der Waals surface area (Å²) < 4.78 is 24.0. The maximum Gasteiger partial charge on any atom is 0.265 e. The molecule has 1 atom stereocenters. The first-order valence-corrected chi connectivity index (χ1v) is 5.98. The summed E-state index contributed by atoms with van der Waals surface area (Å²) in [5.41, 5.74) is 1.40. The van der Waals surface area contributed by atoms with E-state index in [1.54, 1.807) is 24.3 Å². The molecule has 0 heterocycles. The summed E-state index contributed by atoms with van der Waals surface area (Å²) in [6, 6.07) is 6.74. The highest BCUT2D eigenvalue weighted by Crippen LogP contribution is 2.02. The van der Waals surface area contributed by atoms with E-state index in [1.807, 2.05) is 6.92 Å². The monoisotopic (exact) mass is 286 g/mol. The molecule has 1 aromatic rings. The number of carbonyl (C=O) groups excluding carboxylic acids is 2. The number of amides is 2. The van der Waals surface area contributed by atoms with Gasteiger partial charge in [-0.15, -0.1) is 0 Å². The Balaban J connectivity index is 2.34. The quantitative estimate of drug-likeness (QED) is 0.711. The third-order valence-electron chi connectivity index (χ3n) is 2.52. The smallest absolute Gasteiger partial charge is 0.265 e. The number of aryl methyl sites for hydroxylation is 1. The number of benzene rings is 1. The number of rotatable bonds is 6. The van der Waals surface area contributed by atoms with E-state index in [0.717, 1.165) is 5.56 Å². The highest BCUT2D eigenvalue weighted by molar-refractivity contribution is 5.96. The summed E-state index contributed by atoms with van der Waals surface area (Å²) in [5, 5.41) is 13.3. The van der Waals surface area contributed by atoms with Crippen LogP contribution in [0.2, 0.25) is 0 Å². The topological polar surface area (TPSA) is 78.4 Å². The van der Waals surface area contributed by atoms with E-state index in [4.69, 9.17) is 5.11 Å². The Bertz CT molecular complexity index is 463. The van der Waals surface area contributed by atoms with Gasteiger partial charge in [0, 0.05) is 12.1 Å². The molecule has 0 fully saturated rings. The third kappa shape index (κ3) is 5.31. The van der Waals surface area contributed by atoms with Gasteiger partial charge in [0.15, 0.2) is 0 Å². The number of carbonyl (C=O) groups is 2. The fraction of sp³-hybridized carbons (Fsp3) is 0.385. The van der Waals surface area contributed by atoms with Crippen LogP contribution in [0.25, 0.3) is 0 Å². The van der Waals surface area contributed by atoms with Gasteiger partial charge >= 0.3 is 0 Å². The molecule has 0 aliphatic carbocycles. The molecule has 0 aliphatic heterocycles. The van der Waals surface area contributed by atoms with E-state index >= 15 is 0 Å². The molecule has 0 saturated heterocycles. The summed E-state index contributed by atoms with van der Waals surface area (Å²) >= 11 is 0. The first kappa shape index (κ1) is 16.0. The van der Waals surface area contributed by atoms with Crippen molar-refractivity contribution in [2.45, 2.75) is 19.5 Å². The van der Waals surface area contributed by atoms with Gasteiger partial charge in [0.05, 0.1) is 6.54 Å². The predicted octanol–water partition coefficient (Wildman–Crippen LogP) is 0.467. The van der Waals surface area contributed by atoms with Gasteiger partial charge < -0.3 is 15.7 Å². The van der Waals surface area contributed by atoms with Gasteiger partial charge in [-0.1, -0.05) is 17.7 Å². The molecule has 0 aliphatic rings. The van der Waals surface area contributed by atoms with E-state index in [0.29, 0.717) is 5.56 Å². The Morgan fingerprint density at radius 2 is 1.80 bits per heavy atom. The third-order valence-corrected chi connectivity index (χ3v) is 2.52. The zero-order valence-electron chi connectivity index (χ0n) is 10.9. The summed E-state index contributed by atoms with van der Waals surface area (Å²) in [6.45, 7) is 0.975. The van der Waals surface area contributed by atoms with Gasteiger partial charge in [-0.05, 0) is 19.1 Å². The minimum atomic E-state index is -2.92. The lowest BCUT2D eigenvalue weighted by Crippen LogP contribution is -2.41. The Morgan fingerprint density at radius 1 is 1.20 bits per heavy atom. The molecule has 0 radical (unpaired) electrons. The molecular weight excluding hydrogens is 270 g/mol. The van der Waals surface area contributed by atoms with Gasteiger partial charge in [0.2, 0.25) is 5.91 Å². The van der Waals surface area contributed by atoms with Crippen LogP contribution in [0.4, 0.5) is 8.78 Å². The van der Waals surface area contributed by atoms with Gasteiger partial charge in [0.25, 0.3) is 12.3 Å². The lowest BCUT2D eigenvalue weighted by molar-refractivity contribution is -0.121. The summed E-state index contributed by atoms with van der Waals surface area (Å²) in [6.07, 6.45) is -4.83. The minimum Gasteiger partial charge on any atom is -0.385 e. The molecule has 2 amide bonds. The Hall–Kier alpha value is -2.02. The lowest BCUT2D eigenvalue weighted by Gasteiger charge is -2.11. The molecule has 1 rings (SSSR count). The molecule has 5 nitrogen and oxygen atoms in total. The van der Waals surface area contributed by atoms with Crippen molar-refractivity contribution in [1.29, 1.82) is 0 Å². The Kier molecular flexibility index (Phi) is 6.05. The van der Waals surface area contributed by atoms with E-state index in [2.05, 4.69) is 10.6 Å². The normalized spacial score (nSPS) is 12.1. The number of nitrogens with one attached hydrogen (secondary N) is 2. The predicted molar refractivity (Wildman–Crippen MR) is 68.5 cm³/mol. The van der Waals surface area contributed by atoms with Gasteiger partial charge in [-0.3, -0.25) is 9.59 Å². The van der Waals surface area contributed by atoms with Crippen LogP contribution in [0.5, 0.6) is 0 Å². The van der Waals surface area contributed by atoms with E-state index in [9.17, 15) is 18.4 Å². The molecule has 110 valence electrons. The molecule has 1 unspecified atom stereocenters. The Labute approximate surface area is 115 Å². The molecule has 1 aromatic carbocycles. The first-order valence-electron chi connectivity index (χ1n) is 5.98. The second-order valence-corrected chi connectivity index (χ2v) is 4.25. The van der Waals surface area contributed by atoms with Gasteiger partial charge in [0.1, 0.15) is 6.10 Å².